The number of nitrogens with zero attached hydrogens (tertiary/aromatic N) is 1. The molecule has 0 aliphatic rings. The summed E-state index contributed by atoms with van der Waals surface area (Å²) in [4.78, 5) is 25.8. The molecule has 5 N–H and O–H groups in total. The molecule has 0 aliphatic carbocycles. The number of hydrogen-bond donors (Lipinski definition) is 4. The standard InChI is InChI=1S/C28H33N5O5S/c1-3-24(20-12-7-5-8-13-20)27(35)31-25(19-26(34)38-4-2)21-14-11-15-22(18-21)33(32-28(29)30)39(36,37)23-16-9-6-10-17-23/h5-18,24-25H,3-4,19H2,1-2H3,(H,31,35)(H4,29,30,32). The molecule has 0 saturated heterocycles. The number of guanidine groups is 1. The van der Waals surface area contributed by atoms with Crippen LogP contribution in [0.3, 0.4) is 0 Å². The highest BCUT2D eigenvalue weighted by Crippen LogP contribution is 2.28. The smallest absolute Gasteiger partial charge is 0.308 e. The number of carbonyl (C=O) groups excluding carboxylic acids is 2. The summed E-state index contributed by atoms with van der Waals surface area (Å²) in [6, 6.07) is 22.5. The molecule has 10 nitrogen and oxygen atoms in total. The topological polar surface area (TPSA) is 155 Å². The van der Waals surface area contributed by atoms with Crippen LogP contribution in [-0.2, 0) is 24.3 Å². The average molecular weight is 552 g/mol. The predicted molar refractivity (Wildman–Crippen MR) is 149 cm³/mol. The minimum absolute atomic E-state index is 0.0193. The Hall–Kier alpha value is -4.38. The summed E-state index contributed by atoms with van der Waals surface area (Å²) in [6.07, 6.45) is 0.369. The number of rotatable bonds is 12. The van der Waals surface area contributed by atoms with Gasteiger partial charge in [-0.05, 0) is 48.7 Å². The van der Waals surface area contributed by atoms with E-state index in [4.69, 9.17) is 15.9 Å². The van der Waals surface area contributed by atoms with E-state index in [1.165, 1.54) is 24.3 Å². The lowest BCUT2D eigenvalue weighted by atomic mass is 9.94. The number of esters is 1. The van der Waals surface area contributed by atoms with Gasteiger partial charge in [-0.1, -0.05) is 67.6 Å². The Bertz CT molecular complexity index is 1380. The molecule has 0 aliphatic heterocycles. The van der Waals surface area contributed by atoms with Gasteiger partial charge in [0.15, 0.2) is 0 Å². The van der Waals surface area contributed by atoms with Crippen LogP contribution in [0.25, 0.3) is 0 Å². The van der Waals surface area contributed by atoms with Crippen LogP contribution in [0.4, 0.5) is 5.69 Å². The maximum atomic E-state index is 13.4. The fourth-order valence-corrected chi connectivity index (χ4v) is 5.43. The Balaban J connectivity index is 2.01. The number of amides is 1. The van der Waals surface area contributed by atoms with Gasteiger partial charge < -0.3 is 15.8 Å². The lowest BCUT2D eigenvalue weighted by molar-refractivity contribution is -0.143. The molecule has 0 spiro atoms. The van der Waals surface area contributed by atoms with Gasteiger partial charge in [0.2, 0.25) is 11.9 Å². The van der Waals surface area contributed by atoms with Gasteiger partial charge >= 0.3 is 5.97 Å². The summed E-state index contributed by atoms with van der Waals surface area (Å²) in [5, 5.41) is 10.6. The van der Waals surface area contributed by atoms with Crippen molar-refractivity contribution in [2.45, 2.75) is 43.5 Å². The Kier molecular flexibility index (Phi) is 10.0. The summed E-state index contributed by atoms with van der Waals surface area (Å²) in [5.74, 6) is -1.84. The van der Waals surface area contributed by atoms with Crippen molar-refractivity contribution in [3.63, 3.8) is 0 Å². The van der Waals surface area contributed by atoms with E-state index in [1.54, 1.807) is 37.3 Å². The van der Waals surface area contributed by atoms with Crippen molar-refractivity contribution in [1.29, 1.82) is 5.41 Å². The largest absolute Gasteiger partial charge is 0.466 e. The third-order valence-corrected chi connectivity index (χ3v) is 7.58. The van der Waals surface area contributed by atoms with E-state index in [-0.39, 0.29) is 29.5 Å². The molecule has 2 atom stereocenters. The van der Waals surface area contributed by atoms with Crippen LogP contribution in [0.2, 0.25) is 0 Å². The first-order chi connectivity index (χ1) is 18.7. The van der Waals surface area contributed by atoms with E-state index < -0.39 is 33.9 Å². The molecule has 0 bridgehead atoms. The summed E-state index contributed by atoms with van der Waals surface area (Å²) in [6.45, 7) is 3.76. The second-order valence-electron chi connectivity index (χ2n) is 8.64. The molecule has 0 radical (unpaired) electrons. The second kappa shape index (κ2) is 13.4. The van der Waals surface area contributed by atoms with Crippen LogP contribution in [0.15, 0.2) is 89.8 Å². The number of hydrogen-bond acceptors (Lipinski definition) is 6. The molecule has 2 unspecified atom stereocenters. The number of carbonyl (C=O) groups is 2. The van der Waals surface area contributed by atoms with Crippen LogP contribution in [0.1, 0.15) is 49.8 Å². The maximum Gasteiger partial charge on any atom is 0.308 e. The van der Waals surface area contributed by atoms with E-state index in [9.17, 15) is 18.0 Å². The van der Waals surface area contributed by atoms with Gasteiger partial charge in [0.05, 0.1) is 35.6 Å². The highest BCUT2D eigenvalue weighted by atomic mass is 32.2. The summed E-state index contributed by atoms with van der Waals surface area (Å²) >= 11 is 0. The average Bonchev–Trinajstić information content (AvgIpc) is 2.93. The molecular weight excluding hydrogens is 518 g/mol. The van der Waals surface area contributed by atoms with Gasteiger partial charge in [0.1, 0.15) is 0 Å². The highest BCUT2D eigenvalue weighted by Gasteiger charge is 2.28. The first-order valence-corrected chi connectivity index (χ1v) is 13.9. The van der Waals surface area contributed by atoms with Crippen molar-refractivity contribution in [2.75, 3.05) is 11.0 Å². The number of nitrogens with two attached hydrogens (primary N) is 1. The van der Waals surface area contributed by atoms with E-state index in [0.29, 0.717) is 12.0 Å². The monoisotopic (exact) mass is 551 g/mol. The van der Waals surface area contributed by atoms with Crippen molar-refractivity contribution in [3.8, 4) is 0 Å². The van der Waals surface area contributed by atoms with Crippen molar-refractivity contribution in [3.05, 3.63) is 96.1 Å². The Labute approximate surface area is 228 Å². The fourth-order valence-electron chi connectivity index (χ4n) is 4.11. The zero-order chi connectivity index (χ0) is 28.4. The third kappa shape index (κ3) is 7.57. The Morgan fingerprint density at radius 2 is 1.56 bits per heavy atom. The molecule has 0 heterocycles. The van der Waals surface area contributed by atoms with Gasteiger partial charge in [-0.15, -0.1) is 0 Å². The zero-order valence-electron chi connectivity index (χ0n) is 21.8. The molecular formula is C28H33N5O5S. The molecule has 0 saturated carbocycles. The van der Waals surface area contributed by atoms with Crippen LogP contribution < -0.4 is 20.9 Å². The summed E-state index contributed by atoms with van der Waals surface area (Å²) in [7, 11) is -4.18. The van der Waals surface area contributed by atoms with E-state index >= 15 is 0 Å². The number of ether oxygens (including phenoxy) is 1. The molecule has 39 heavy (non-hydrogen) atoms. The molecule has 206 valence electrons. The van der Waals surface area contributed by atoms with Crippen molar-refractivity contribution >= 4 is 33.5 Å². The van der Waals surface area contributed by atoms with E-state index in [2.05, 4.69) is 10.7 Å². The summed E-state index contributed by atoms with van der Waals surface area (Å²) in [5.41, 5.74) is 9.34. The number of benzene rings is 3. The van der Waals surface area contributed by atoms with Crippen molar-refractivity contribution in [2.24, 2.45) is 5.73 Å². The zero-order valence-corrected chi connectivity index (χ0v) is 22.6. The molecule has 0 fully saturated rings. The van der Waals surface area contributed by atoms with Gasteiger partial charge in [-0.25, -0.2) is 0 Å². The Morgan fingerprint density at radius 1 is 0.949 bits per heavy atom. The highest BCUT2D eigenvalue weighted by molar-refractivity contribution is 7.92. The van der Waals surface area contributed by atoms with Gasteiger partial charge in [-0.2, -0.15) is 12.8 Å². The second-order valence-corrected chi connectivity index (χ2v) is 10.4. The third-order valence-electron chi connectivity index (χ3n) is 5.93. The van der Waals surface area contributed by atoms with Gasteiger partial charge in [0.25, 0.3) is 10.0 Å². The molecule has 3 rings (SSSR count). The van der Waals surface area contributed by atoms with E-state index in [1.807, 2.05) is 37.3 Å². The number of sulfonamides is 1. The maximum absolute atomic E-state index is 13.4. The Morgan fingerprint density at radius 3 is 2.15 bits per heavy atom. The van der Waals surface area contributed by atoms with Crippen LogP contribution in [0.5, 0.6) is 0 Å². The van der Waals surface area contributed by atoms with Crippen molar-refractivity contribution < 1.29 is 22.7 Å². The number of anilines is 1. The minimum atomic E-state index is -4.18. The normalized spacial score (nSPS) is 12.6. The van der Waals surface area contributed by atoms with Gasteiger partial charge in [0, 0.05) is 0 Å². The number of nitrogens with one attached hydrogen (secondary N) is 3. The summed E-state index contributed by atoms with van der Waals surface area (Å²) < 4.78 is 32.8. The van der Waals surface area contributed by atoms with E-state index in [0.717, 1.165) is 9.98 Å². The first-order valence-electron chi connectivity index (χ1n) is 12.5. The predicted octanol–water partition coefficient (Wildman–Crippen LogP) is 3.58. The van der Waals surface area contributed by atoms with Crippen LogP contribution in [-0.4, -0.2) is 32.9 Å². The molecule has 11 heteroatoms. The molecule has 1 amide bonds. The van der Waals surface area contributed by atoms with Crippen molar-refractivity contribution in [1.82, 2.24) is 10.7 Å². The first kappa shape index (κ1) is 29.2. The van der Waals surface area contributed by atoms with Crippen LogP contribution >= 0.6 is 0 Å². The van der Waals surface area contributed by atoms with Crippen LogP contribution in [0, 0.1) is 5.41 Å². The van der Waals surface area contributed by atoms with Gasteiger partial charge in [-0.3, -0.25) is 20.4 Å². The molecule has 0 aromatic heterocycles. The number of hydrazine groups is 1. The fraction of sp³-hybridized carbons (Fsp3) is 0.250. The lowest BCUT2D eigenvalue weighted by Gasteiger charge is -2.27. The quantitative estimate of drug-likeness (QED) is 0.116. The lowest BCUT2D eigenvalue weighted by Crippen LogP contribution is -2.49. The molecule has 3 aromatic rings. The SMILES string of the molecule is CCOC(=O)CC(NC(=O)C(CC)c1ccccc1)c1cccc(N(NC(=N)N)S(=O)(=O)c2ccccc2)c1. The minimum Gasteiger partial charge on any atom is -0.466 e. The molecule has 3 aromatic carbocycles.